The molecule has 0 atom stereocenters. The Hall–Kier alpha value is -2.63. The van der Waals surface area contributed by atoms with E-state index in [9.17, 15) is 5.11 Å². The van der Waals surface area contributed by atoms with Gasteiger partial charge in [-0.3, -0.25) is 4.98 Å². The molecule has 30 heavy (non-hydrogen) atoms. The van der Waals surface area contributed by atoms with Crippen LogP contribution in [0.5, 0.6) is 5.75 Å². The van der Waals surface area contributed by atoms with Gasteiger partial charge in [0.2, 0.25) is 0 Å². The van der Waals surface area contributed by atoms with Crippen molar-refractivity contribution in [3.63, 3.8) is 0 Å². The fourth-order valence-corrected chi connectivity index (χ4v) is 4.22. The van der Waals surface area contributed by atoms with Crippen LogP contribution < -0.4 is 11.1 Å². The van der Waals surface area contributed by atoms with E-state index in [1.54, 1.807) is 18.3 Å². The summed E-state index contributed by atoms with van der Waals surface area (Å²) in [5, 5.41) is 13.5. The maximum atomic E-state index is 9.62. The van der Waals surface area contributed by atoms with Gasteiger partial charge in [0.15, 0.2) is 0 Å². The summed E-state index contributed by atoms with van der Waals surface area (Å²) < 4.78 is 0. The van der Waals surface area contributed by atoms with E-state index in [1.165, 1.54) is 0 Å². The zero-order chi connectivity index (χ0) is 20.9. The fraction of sp³-hybridized carbons (Fsp3) is 0.333. The number of nitrogens with zero attached hydrogens (tertiary/aromatic N) is 2. The van der Waals surface area contributed by atoms with E-state index in [2.05, 4.69) is 16.4 Å². The summed E-state index contributed by atoms with van der Waals surface area (Å²) in [6, 6.07) is 15.5. The van der Waals surface area contributed by atoms with Gasteiger partial charge >= 0.3 is 0 Å². The monoisotopic (exact) mass is 422 g/mol. The Bertz CT molecular complexity index is 1000. The second kappa shape index (κ2) is 9.45. The van der Waals surface area contributed by atoms with Crippen molar-refractivity contribution in [2.24, 2.45) is 11.7 Å². The van der Waals surface area contributed by atoms with Gasteiger partial charge in [0.25, 0.3) is 0 Å². The van der Waals surface area contributed by atoms with E-state index in [0.717, 1.165) is 60.4 Å². The zero-order valence-electron chi connectivity index (χ0n) is 16.9. The average Bonchev–Trinajstić information content (AvgIpc) is 2.75. The number of nitrogens with two attached hydrogens (primary N) is 1. The summed E-state index contributed by atoms with van der Waals surface area (Å²) in [7, 11) is 0. The molecule has 1 aromatic carbocycles. The molecule has 0 aliphatic heterocycles. The van der Waals surface area contributed by atoms with Crippen molar-refractivity contribution in [2.75, 3.05) is 5.32 Å². The Morgan fingerprint density at radius 3 is 2.67 bits per heavy atom. The third-order valence-electron chi connectivity index (χ3n) is 5.71. The number of rotatable bonds is 6. The van der Waals surface area contributed by atoms with E-state index >= 15 is 0 Å². The van der Waals surface area contributed by atoms with Gasteiger partial charge in [-0.15, -0.1) is 0 Å². The van der Waals surface area contributed by atoms with Crippen LogP contribution in [0, 0.1) is 5.92 Å². The standard InChI is InChI=1S/C24H27ClN4O/c25-22-15-27-19(11-16-7-9-18(26)10-8-16)13-21(22)23-5-2-6-24(29-23)28-14-17-3-1-4-20(30)12-17/h1-6,12-13,15-16,18,30H,7-11,14,26H2,(H,28,29). The van der Waals surface area contributed by atoms with Gasteiger partial charge in [-0.1, -0.05) is 29.8 Å². The number of hydrogen-bond acceptors (Lipinski definition) is 5. The lowest BCUT2D eigenvalue weighted by molar-refractivity contribution is 0.323. The van der Waals surface area contributed by atoms with Gasteiger partial charge in [0, 0.05) is 30.0 Å². The molecule has 0 amide bonds. The first kappa shape index (κ1) is 20.6. The highest BCUT2D eigenvalue weighted by Crippen LogP contribution is 2.30. The highest BCUT2D eigenvalue weighted by atomic mass is 35.5. The van der Waals surface area contributed by atoms with Crippen molar-refractivity contribution in [3.8, 4) is 17.0 Å². The minimum absolute atomic E-state index is 0.257. The molecule has 156 valence electrons. The summed E-state index contributed by atoms with van der Waals surface area (Å²) in [4.78, 5) is 9.29. The highest BCUT2D eigenvalue weighted by molar-refractivity contribution is 6.33. The van der Waals surface area contributed by atoms with Crippen LogP contribution in [0.1, 0.15) is 36.9 Å². The van der Waals surface area contributed by atoms with Crippen molar-refractivity contribution < 1.29 is 5.11 Å². The smallest absolute Gasteiger partial charge is 0.126 e. The van der Waals surface area contributed by atoms with Crippen molar-refractivity contribution >= 4 is 17.4 Å². The molecule has 0 unspecified atom stereocenters. The molecule has 0 spiro atoms. The van der Waals surface area contributed by atoms with E-state index in [4.69, 9.17) is 22.3 Å². The van der Waals surface area contributed by atoms with Crippen LogP contribution >= 0.6 is 11.6 Å². The third kappa shape index (κ3) is 5.29. The normalized spacial score (nSPS) is 18.9. The van der Waals surface area contributed by atoms with E-state index < -0.39 is 0 Å². The minimum Gasteiger partial charge on any atom is -0.508 e. The molecule has 2 heterocycles. The van der Waals surface area contributed by atoms with Crippen LogP contribution in [-0.4, -0.2) is 21.1 Å². The number of aromatic hydroxyl groups is 1. The highest BCUT2D eigenvalue weighted by Gasteiger charge is 2.20. The molecule has 1 aliphatic rings. The maximum Gasteiger partial charge on any atom is 0.126 e. The summed E-state index contributed by atoms with van der Waals surface area (Å²) >= 11 is 6.47. The molecule has 0 radical (unpaired) electrons. The predicted octanol–water partition coefficient (Wildman–Crippen LogP) is 5.17. The number of pyridine rings is 2. The minimum atomic E-state index is 0.257. The molecule has 1 aliphatic carbocycles. The number of nitrogens with one attached hydrogen (secondary N) is 1. The fourth-order valence-electron chi connectivity index (χ4n) is 4.02. The number of benzene rings is 1. The molecule has 0 saturated heterocycles. The van der Waals surface area contributed by atoms with Gasteiger partial charge in [-0.25, -0.2) is 4.98 Å². The van der Waals surface area contributed by atoms with Gasteiger partial charge in [-0.2, -0.15) is 0 Å². The van der Waals surface area contributed by atoms with Crippen LogP contribution in [0.3, 0.4) is 0 Å². The molecule has 4 N–H and O–H groups in total. The number of phenolic OH excluding ortho intramolecular Hbond substituents is 1. The molecule has 1 fully saturated rings. The summed E-state index contributed by atoms with van der Waals surface area (Å²) in [5.41, 5.74) is 9.78. The molecule has 2 aromatic heterocycles. The molecule has 4 rings (SSSR count). The summed E-state index contributed by atoms with van der Waals surface area (Å²) in [5.74, 6) is 1.65. The molecule has 6 heteroatoms. The number of anilines is 1. The Labute approximate surface area is 182 Å². The Kier molecular flexibility index (Phi) is 6.50. The van der Waals surface area contributed by atoms with Crippen LogP contribution in [0.25, 0.3) is 11.3 Å². The number of halogens is 1. The Morgan fingerprint density at radius 2 is 1.87 bits per heavy atom. The first-order valence-electron chi connectivity index (χ1n) is 10.5. The molecular weight excluding hydrogens is 396 g/mol. The first-order valence-corrected chi connectivity index (χ1v) is 10.8. The average molecular weight is 423 g/mol. The van der Waals surface area contributed by atoms with Crippen LogP contribution in [0.4, 0.5) is 5.82 Å². The molecule has 5 nitrogen and oxygen atoms in total. The first-order chi connectivity index (χ1) is 14.6. The maximum absolute atomic E-state index is 9.62. The van der Waals surface area contributed by atoms with Crippen molar-refractivity contribution in [3.05, 3.63) is 71.0 Å². The van der Waals surface area contributed by atoms with E-state index in [-0.39, 0.29) is 5.75 Å². The molecule has 0 bridgehead atoms. The predicted molar refractivity (Wildman–Crippen MR) is 122 cm³/mol. The van der Waals surface area contributed by atoms with Crippen LogP contribution in [0.15, 0.2) is 54.7 Å². The lowest BCUT2D eigenvalue weighted by atomic mass is 9.83. The second-order valence-corrected chi connectivity index (χ2v) is 8.48. The van der Waals surface area contributed by atoms with Gasteiger partial charge in [-0.05, 0) is 73.9 Å². The van der Waals surface area contributed by atoms with Gasteiger partial charge in [0.05, 0.1) is 10.7 Å². The summed E-state index contributed by atoms with van der Waals surface area (Å²) in [6.45, 7) is 0.573. The van der Waals surface area contributed by atoms with Crippen LogP contribution in [-0.2, 0) is 13.0 Å². The summed E-state index contributed by atoms with van der Waals surface area (Å²) in [6.07, 6.45) is 7.20. The largest absolute Gasteiger partial charge is 0.508 e. The van der Waals surface area contributed by atoms with Crippen molar-refractivity contribution in [1.29, 1.82) is 0 Å². The van der Waals surface area contributed by atoms with Gasteiger partial charge < -0.3 is 16.2 Å². The molecule has 3 aromatic rings. The SMILES string of the molecule is NC1CCC(Cc2cc(-c3cccc(NCc4cccc(O)c4)n3)c(Cl)cn2)CC1. The number of aromatic nitrogens is 2. The van der Waals surface area contributed by atoms with E-state index in [0.29, 0.717) is 23.5 Å². The Balaban J connectivity index is 1.48. The Morgan fingerprint density at radius 1 is 1.07 bits per heavy atom. The van der Waals surface area contributed by atoms with Crippen LogP contribution in [0.2, 0.25) is 5.02 Å². The second-order valence-electron chi connectivity index (χ2n) is 8.07. The molecular formula is C24H27ClN4O. The van der Waals surface area contributed by atoms with Crippen molar-refractivity contribution in [2.45, 2.75) is 44.7 Å². The van der Waals surface area contributed by atoms with Gasteiger partial charge in [0.1, 0.15) is 11.6 Å². The van der Waals surface area contributed by atoms with Crippen molar-refractivity contribution in [1.82, 2.24) is 9.97 Å². The topological polar surface area (TPSA) is 84.1 Å². The quantitative estimate of drug-likeness (QED) is 0.510. The molecule has 1 saturated carbocycles. The number of phenols is 1. The lowest BCUT2D eigenvalue weighted by Crippen LogP contribution is -2.27. The lowest BCUT2D eigenvalue weighted by Gasteiger charge is -2.25. The number of hydrogen-bond donors (Lipinski definition) is 3. The zero-order valence-corrected chi connectivity index (χ0v) is 17.6. The van der Waals surface area contributed by atoms with E-state index in [1.807, 2.05) is 30.3 Å². The third-order valence-corrected chi connectivity index (χ3v) is 6.01.